The first-order valence-electron chi connectivity index (χ1n) is 21.9. The highest BCUT2D eigenvalue weighted by Gasteiger charge is 2.41. The molecule has 5 atom stereocenters. The Labute approximate surface area is 385 Å². The van der Waals surface area contributed by atoms with Crippen molar-refractivity contribution in [3.8, 4) is 11.4 Å². The molecule has 0 aliphatic carbocycles. The molecule has 2 saturated heterocycles. The Balaban J connectivity index is 0.945. The van der Waals surface area contributed by atoms with Gasteiger partial charge < -0.3 is 28.9 Å². The summed E-state index contributed by atoms with van der Waals surface area (Å²) in [7, 11) is -8.95. The first kappa shape index (κ1) is 51.4. The van der Waals surface area contributed by atoms with Crippen molar-refractivity contribution in [2.24, 2.45) is 5.92 Å². The SMILES string of the molecule is CC[C@@H]([C@H](C)OCOP(=O)(O)OCOP(=O)(OC(C)(C)C)OC(C)(C)C)n1ncn(-c2ccc(N3CCN(c4ccc(OC[C@@H]5CO[C@@](C)(c6ccc(F)cc6F)C5)cc4)CC3)cc2)c1=O. The number of phosphoric acid groups is 2. The number of piperazine rings is 1. The van der Waals surface area contributed by atoms with Gasteiger partial charge in [0, 0.05) is 55.1 Å². The number of rotatable bonds is 20. The molecule has 2 aliphatic heterocycles. The average molecular weight is 966 g/mol. The van der Waals surface area contributed by atoms with Crippen molar-refractivity contribution >= 4 is 27.0 Å². The number of nitrogens with zero attached hydrogens (tertiary/aromatic N) is 5. The van der Waals surface area contributed by atoms with Gasteiger partial charge in [-0.2, -0.15) is 5.10 Å². The van der Waals surface area contributed by atoms with Crippen molar-refractivity contribution in [2.75, 3.05) is 62.8 Å². The van der Waals surface area contributed by atoms with Gasteiger partial charge >= 0.3 is 21.3 Å². The second-order valence-electron chi connectivity index (χ2n) is 18.6. The van der Waals surface area contributed by atoms with Gasteiger partial charge in [-0.15, -0.1) is 0 Å². The van der Waals surface area contributed by atoms with E-state index in [0.717, 1.165) is 49.4 Å². The fourth-order valence-corrected chi connectivity index (χ4v) is 10.1. The Morgan fingerprint density at radius 3 is 1.97 bits per heavy atom. The molecule has 0 spiro atoms. The van der Waals surface area contributed by atoms with E-state index in [-0.39, 0.29) is 5.92 Å². The number of hydrogen-bond acceptors (Lipinski definition) is 14. The first-order valence-corrected chi connectivity index (χ1v) is 24.9. The predicted molar refractivity (Wildman–Crippen MR) is 244 cm³/mol. The molecule has 1 unspecified atom stereocenters. The maximum absolute atomic E-state index is 14.5. The van der Waals surface area contributed by atoms with E-state index in [4.69, 9.17) is 36.8 Å². The summed E-state index contributed by atoms with van der Waals surface area (Å²) in [5.41, 5.74) is 0.0164. The van der Waals surface area contributed by atoms with E-state index in [2.05, 4.69) is 14.9 Å². The van der Waals surface area contributed by atoms with Gasteiger partial charge in [0.15, 0.2) is 13.6 Å². The van der Waals surface area contributed by atoms with Gasteiger partial charge in [0.2, 0.25) is 0 Å². The lowest BCUT2D eigenvalue weighted by molar-refractivity contribution is -0.0718. The maximum Gasteiger partial charge on any atom is 0.477 e. The van der Waals surface area contributed by atoms with Crippen LogP contribution in [-0.2, 0) is 46.8 Å². The Kier molecular flexibility index (Phi) is 16.4. The molecule has 66 heavy (non-hydrogen) atoms. The van der Waals surface area contributed by atoms with Crippen LogP contribution >= 0.6 is 15.6 Å². The standard InChI is InChI=1S/C45H63F2N5O12P2/c1-10-41(32(2)58-30-60-65(54,55)61-31-62-66(56,63-43(3,4)5)64-44(6,7)8)52-42(53)51(29-48-52)37-14-12-35(13-15-37)49-21-23-50(24-22-49)36-16-18-38(19-17-36)57-27-33-26-45(9,59-28-33)39-20-11-34(46)25-40(39)47/h11-20,25,29,32-33,41H,10,21-24,26-28,30-31H2,1-9H3,(H,54,55)/t32-,33+,41-,45+/m0/s1. The molecule has 3 aromatic carbocycles. The minimum Gasteiger partial charge on any atom is -0.493 e. The summed E-state index contributed by atoms with van der Waals surface area (Å²) < 4.78 is 100. The van der Waals surface area contributed by atoms with Crippen LogP contribution in [0, 0.1) is 17.6 Å². The highest BCUT2D eigenvalue weighted by Crippen LogP contribution is 2.56. The van der Waals surface area contributed by atoms with Crippen LogP contribution < -0.4 is 20.2 Å². The molecule has 21 heteroatoms. The van der Waals surface area contributed by atoms with Gasteiger partial charge in [-0.25, -0.2) is 32.0 Å². The van der Waals surface area contributed by atoms with E-state index >= 15 is 0 Å². The molecule has 0 radical (unpaired) electrons. The molecule has 17 nitrogen and oxygen atoms in total. The molecule has 1 N–H and O–H groups in total. The zero-order valence-electron chi connectivity index (χ0n) is 39.1. The smallest absolute Gasteiger partial charge is 0.477 e. The van der Waals surface area contributed by atoms with Crippen molar-refractivity contribution in [1.82, 2.24) is 14.3 Å². The van der Waals surface area contributed by atoms with Crippen LogP contribution in [0.15, 0.2) is 77.9 Å². The fraction of sp³-hybridized carbons (Fsp3) is 0.556. The third-order valence-electron chi connectivity index (χ3n) is 11.0. The summed E-state index contributed by atoms with van der Waals surface area (Å²) in [5.74, 6) is -0.431. The second-order valence-corrected chi connectivity index (χ2v) is 21.5. The Morgan fingerprint density at radius 1 is 0.848 bits per heavy atom. The Bertz CT molecular complexity index is 2360. The Hall–Kier alpha value is -4.00. The monoisotopic (exact) mass is 965 g/mol. The van der Waals surface area contributed by atoms with Crippen LogP contribution in [0.2, 0.25) is 0 Å². The molecule has 0 saturated carbocycles. The number of phosphoric ester groups is 2. The van der Waals surface area contributed by atoms with Gasteiger partial charge in [-0.1, -0.05) is 13.0 Å². The lowest BCUT2D eigenvalue weighted by atomic mass is 9.89. The molecule has 2 aliphatic rings. The Morgan fingerprint density at radius 2 is 1.41 bits per heavy atom. The van der Waals surface area contributed by atoms with Gasteiger partial charge in [-0.05, 0) is 123 Å². The van der Waals surface area contributed by atoms with Crippen LogP contribution in [0.1, 0.15) is 86.8 Å². The minimum absolute atomic E-state index is 0.0595. The van der Waals surface area contributed by atoms with Gasteiger partial charge in [-0.3, -0.25) is 22.6 Å². The van der Waals surface area contributed by atoms with Crippen molar-refractivity contribution in [3.63, 3.8) is 0 Å². The normalized spacial score (nSPS) is 20.3. The number of ether oxygens (including phenoxy) is 3. The number of halogens is 2. The molecular weight excluding hydrogens is 902 g/mol. The molecule has 3 heterocycles. The third kappa shape index (κ3) is 13.8. The molecule has 2 fully saturated rings. The number of aromatic nitrogens is 3. The molecule has 0 amide bonds. The molecule has 0 bridgehead atoms. The van der Waals surface area contributed by atoms with Crippen LogP contribution in [0.5, 0.6) is 5.75 Å². The van der Waals surface area contributed by atoms with E-state index in [1.54, 1.807) is 48.5 Å². The van der Waals surface area contributed by atoms with Crippen molar-refractivity contribution in [2.45, 2.75) is 104 Å². The van der Waals surface area contributed by atoms with Gasteiger partial charge in [0.1, 0.15) is 23.7 Å². The summed E-state index contributed by atoms with van der Waals surface area (Å²) in [5, 5.41) is 4.36. The van der Waals surface area contributed by atoms with E-state index in [1.165, 1.54) is 27.7 Å². The van der Waals surface area contributed by atoms with Crippen molar-refractivity contribution in [1.29, 1.82) is 0 Å². The van der Waals surface area contributed by atoms with Crippen molar-refractivity contribution < 1.29 is 59.6 Å². The molecule has 6 rings (SSSR count). The lowest BCUT2D eigenvalue weighted by Gasteiger charge is -2.37. The zero-order chi connectivity index (χ0) is 48.1. The van der Waals surface area contributed by atoms with E-state index in [9.17, 15) is 27.6 Å². The number of benzene rings is 3. The predicted octanol–water partition coefficient (Wildman–Crippen LogP) is 9.13. The summed E-state index contributed by atoms with van der Waals surface area (Å²) in [6.07, 6.45) is 1.77. The summed E-state index contributed by atoms with van der Waals surface area (Å²) >= 11 is 0. The third-order valence-corrected chi connectivity index (χ3v) is 13.8. The summed E-state index contributed by atoms with van der Waals surface area (Å²) in [6.45, 7) is 17.7. The highest BCUT2D eigenvalue weighted by atomic mass is 31.2. The molecule has 1 aromatic heterocycles. The summed E-state index contributed by atoms with van der Waals surface area (Å²) in [6, 6.07) is 18.7. The summed E-state index contributed by atoms with van der Waals surface area (Å²) in [4.78, 5) is 28.4. The van der Waals surface area contributed by atoms with Gasteiger partial charge in [0.25, 0.3) is 0 Å². The molecule has 4 aromatic rings. The van der Waals surface area contributed by atoms with Crippen LogP contribution in [0.4, 0.5) is 20.2 Å². The van der Waals surface area contributed by atoms with E-state index < -0.39 is 75.5 Å². The fourth-order valence-electron chi connectivity index (χ4n) is 7.87. The minimum atomic E-state index is -4.74. The highest BCUT2D eigenvalue weighted by molar-refractivity contribution is 7.49. The quantitative estimate of drug-likeness (QED) is 0.0655. The molecular formula is C45H63F2N5O12P2. The van der Waals surface area contributed by atoms with Crippen LogP contribution in [0.3, 0.4) is 0 Å². The first-order chi connectivity index (χ1) is 31.0. The number of hydrogen-bond donors (Lipinski definition) is 1. The largest absolute Gasteiger partial charge is 0.493 e. The maximum atomic E-state index is 14.5. The average Bonchev–Trinajstić information content (AvgIpc) is 3.81. The van der Waals surface area contributed by atoms with Crippen LogP contribution in [0.25, 0.3) is 5.69 Å². The second kappa shape index (κ2) is 21.1. The van der Waals surface area contributed by atoms with Gasteiger partial charge in [0.05, 0.1) is 47.9 Å². The van der Waals surface area contributed by atoms with Crippen LogP contribution in [-0.4, -0.2) is 89.5 Å². The van der Waals surface area contributed by atoms with E-state index in [1.807, 2.05) is 62.4 Å². The zero-order valence-corrected chi connectivity index (χ0v) is 40.8. The lowest BCUT2D eigenvalue weighted by Crippen LogP contribution is -2.46. The molecule has 364 valence electrons. The topological polar surface area (TPSA) is 175 Å². The van der Waals surface area contributed by atoms with E-state index in [0.29, 0.717) is 37.3 Å². The number of anilines is 2. The van der Waals surface area contributed by atoms with Crippen molar-refractivity contribution in [3.05, 3.63) is 101 Å².